The predicted molar refractivity (Wildman–Crippen MR) is 33.3 cm³/mol. The largest absolute Gasteiger partial charge is 0.338 e. The van der Waals surface area contributed by atoms with E-state index in [9.17, 15) is 9.59 Å². The summed E-state index contributed by atoms with van der Waals surface area (Å²) >= 11 is 0. The van der Waals surface area contributed by atoms with Crippen molar-refractivity contribution < 1.29 is 0 Å². The smallest absolute Gasteiger partial charge is 0.262 e. The molecule has 0 saturated carbocycles. The summed E-state index contributed by atoms with van der Waals surface area (Å²) in [5, 5.41) is 2.08. The fraction of sp³-hybridized carbons (Fsp3) is 0. The van der Waals surface area contributed by atoms with E-state index in [1.54, 1.807) is 0 Å². The maximum atomic E-state index is 10.5. The van der Waals surface area contributed by atoms with E-state index in [-0.39, 0.29) is 0 Å². The van der Waals surface area contributed by atoms with Crippen LogP contribution in [0, 0.1) is 12.5 Å². The lowest BCUT2D eigenvalue weighted by atomic mass is 10.8. The van der Waals surface area contributed by atoms with E-state index in [2.05, 4.69) is 16.1 Å². The standard InChI is InChI=1S/C5H3N3O2/c1-2-8-3-6-4(9)5(10)7-8/h1,3H,(H,7,10). The first-order chi connectivity index (χ1) is 4.74. The lowest BCUT2D eigenvalue weighted by molar-refractivity contribution is 0.791. The third-order valence-corrected chi connectivity index (χ3v) is 0.846. The van der Waals surface area contributed by atoms with E-state index in [1.807, 2.05) is 0 Å². The summed E-state index contributed by atoms with van der Waals surface area (Å²) in [7, 11) is 0. The molecule has 0 spiro atoms. The normalized spacial score (nSPS) is 8.70. The average Bonchev–Trinajstić information content (AvgIpc) is 1.95. The second-order valence-corrected chi connectivity index (χ2v) is 1.49. The summed E-state index contributed by atoms with van der Waals surface area (Å²) in [5.41, 5.74) is -1.66. The van der Waals surface area contributed by atoms with Gasteiger partial charge in [-0.3, -0.25) is 9.59 Å². The van der Waals surface area contributed by atoms with Crippen molar-refractivity contribution in [2.75, 3.05) is 0 Å². The van der Waals surface area contributed by atoms with Gasteiger partial charge in [-0.1, -0.05) is 6.42 Å². The Hall–Kier alpha value is -1.83. The van der Waals surface area contributed by atoms with Crippen molar-refractivity contribution in [2.45, 2.75) is 0 Å². The molecular weight excluding hydrogens is 134 g/mol. The van der Waals surface area contributed by atoms with Crippen molar-refractivity contribution in [3.8, 4) is 12.5 Å². The van der Waals surface area contributed by atoms with Crippen molar-refractivity contribution in [1.29, 1.82) is 0 Å². The summed E-state index contributed by atoms with van der Waals surface area (Å²) in [5.74, 6) is 0. The highest BCUT2D eigenvalue weighted by atomic mass is 16.2. The zero-order valence-electron chi connectivity index (χ0n) is 4.87. The molecule has 0 amide bonds. The van der Waals surface area contributed by atoms with E-state index in [0.29, 0.717) is 0 Å². The first kappa shape index (κ1) is 6.29. The van der Waals surface area contributed by atoms with Gasteiger partial charge in [0.2, 0.25) is 0 Å². The van der Waals surface area contributed by atoms with Gasteiger partial charge in [-0.15, -0.1) is 0 Å². The van der Waals surface area contributed by atoms with Crippen LogP contribution in [0.2, 0.25) is 0 Å². The summed E-state index contributed by atoms with van der Waals surface area (Å²) in [6, 6.07) is 2.05. The molecule has 10 heavy (non-hydrogen) atoms. The van der Waals surface area contributed by atoms with E-state index in [4.69, 9.17) is 6.42 Å². The SMILES string of the molecule is C#Cn1cnc(=O)c(=O)[nH]1. The molecule has 5 heteroatoms. The number of nitrogens with zero attached hydrogens (tertiary/aromatic N) is 2. The van der Waals surface area contributed by atoms with Gasteiger partial charge in [0.1, 0.15) is 6.33 Å². The van der Waals surface area contributed by atoms with Crippen LogP contribution < -0.4 is 11.1 Å². The van der Waals surface area contributed by atoms with E-state index in [1.165, 1.54) is 0 Å². The van der Waals surface area contributed by atoms with Crippen LogP contribution in [0.4, 0.5) is 0 Å². The molecule has 0 aliphatic rings. The second kappa shape index (κ2) is 2.19. The summed E-state index contributed by atoms with van der Waals surface area (Å²) in [4.78, 5) is 24.0. The van der Waals surface area contributed by atoms with Gasteiger partial charge in [-0.05, 0) is 0 Å². The maximum Gasteiger partial charge on any atom is 0.338 e. The molecule has 0 atom stereocenters. The van der Waals surface area contributed by atoms with Gasteiger partial charge in [0.15, 0.2) is 0 Å². The van der Waals surface area contributed by atoms with Crippen molar-refractivity contribution in [1.82, 2.24) is 14.8 Å². The number of aromatic nitrogens is 3. The summed E-state index contributed by atoms with van der Waals surface area (Å²) in [6.45, 7) is 0. The zero-order valence-corrected chi connectivity index (χ0v) is 4.87. The van der Waals surface area contributed by atoms with Crippen molar-refractivity contribution in [3.63, 3.8) is 0 Å². The number of H-pyrrole nitrogens is 1. The van der Waals surface area contributed by atoms with Crippen LogP contribution in [0.1, 0.15) is 0 Å². The van der Waals surface area contributed by atoms with E-state index in [0.717, 1.165) is 11.0 Å². The Kier molecular flexibility index (Phi) is 1.38. The van der Waals surface area contributed by atoms with Crippen LogP contribution in [0.15, 0.2) is 15.9 Å². The Bertz CT molecular complexity index is 381. The Morgan fingerprint density at radius 3 is 2.90 bits per heavy atom. The van der Waals surface area contributed by atoms with Gasteiger partial charge in [0.25, 0.3) is 0 Å². The molecule has 0 aromatic carbocycles. The Balaban J connectivity index is 3.49. The molecule has 1 aromatic rings. The third kappa shape index (κ3) is 0.951. The molecule has 1 heterocycles. The van der Waals surface area contributed by atoms with E-state index >= 15 is 0 Å². The number of rotatable bonds is 0. The van der Waals surface area contributed by atoms with Crippen LogP contribution in [-0.2, 0) is 0 Å². The van der Waals surface area contributed by atoms with Crippen LogP contribution >= 0.6 is 0 Å². The highest BCUT2D eigenvalue weighted by Gasteiger charge is 1.90. The number of terminal acetylenes is 1. The number of nitrogens with one attached hydrogen (secondary N) is 1. The molecule has 0 unspecified atom stereocenters. The fourth-order valence-corrected chi connectivity index (χ4v) is 0.420. The van der Waals surface area contributed by atoms with Gasteiger partial charge in [0, 0.05) is 6.04 Å². The van der Waals surface area contributed by atoms with Crippen LogP contribution in [0.25, 0.3) is 0 Å². The number of aromatic amines is 1. The highest BCUT2D eigenvalue weighted by molar-refractivity contribution is 4.86. The van der Waals surface area contributed by atoms with Crippen LogP contribution in [0.5, 0.6) is 0 Å². The molecule has 0 saturated heterocycles. The zero-order chi connectivity index (χ0) is 7.56. The van der Waals surface area contributed by atoms with E-state index < -0.39 is 11.1 Å². The monoisotopic (exact) mass is 137 g/mol. The van der Waals surface area contributed by atoms with Gasteiger partial charge in [0.05, 0.1) is 0 Å². The maximum absolute atomic E-state index is 10.5. The lowest BCUT2D eigenvalue weighted by Crippen LogP contribution is -2.32. The first-order valence-corrected chi connectivity index (χ1v) is 2.38. The minimum absolute atomic E-state index is 0.819. The van der Waals surface area contributed by atoms with Crippen molar-refractivity contribution in [2.24, 2.45) is 0 Å². The molecule has 50 valence electrons. The van der Waals surface area contributed by atoms with Gasteiger partial charge < -0.3 is 0 Å². The Morgan fingerprint density at radius 1 is 1.70 bits per heavy atom. The first-order valence-electron chi connectivity index (χ1n) is 2.38. The van der Waals surface area contributed by atoms with Gasteiger partial charge in [-0.25, -0.2) is 5.10 Å². The molecule has 1 aromatic heterocycles. The summed E-state index contributed by atoms with van der Waals surface area (Å²) < 4.78 is 0.962. The minimum Gasteiger partial charge on any atom is -0.262 e. The molecule has 1 N–H and O–H groups in total. The Morgan fingerprint density at radius 2 is 2.40 bits per heavy atom. The van der Waals surface area contributed by atoms with Crippen molar-refractivity contribution in [3.05, 3.63) is 27.0 Å². The van der Waals surface area contributed by atoms with Gasteiger partial charge in [-0.2, -0.15) is 9.67 Å². The fourth-order valence-electron chi connectivity index (χ4n) is 0.420. The lowest BCUT2D eigenvalue weighted by Gasteiger charge is -1.88. The summed E-state index contributed by atoms with van der Waals surface area (Å²) in [6.07, 6.45) is 5.93. The molecule has 0 aliphatic carbocycles. The molecule has 0 bridgehead atoms. The quantitative estimate of drug-likeness (QED) is 0.345. The molecule has 0 radical (unpaired) electrons. The molecule has 0 aliphatic heterocycles. The molecule has 0 fully saturated rings. The predicted octanol–water partition coefficient (Wildman–Crippen LogP) is -1.63. The molecular formula is C5H3N3O2. The minimum atomic E-state index is -0.841. The average molecular weight is 137 g/mol. The Labute approximate surface area is 55.3 Å². The number of hydrogen-bond donors (Lipinski definition) is 1. The van der Waals surface area contributed by atoms with Crippen molar-refractivity contribution >= 4 is 0 Å². The molecule has 5 nitrogen and oxygen atoms in total. The van der Waals surface area contributed by atoms with Crippen LogP contribution in [0.3, 0.4) is 0 Å². The highest BCUT2D eigenvalue weighted by Crippen LogP contribution is 1.59. The topological polar surface area (TPSA) is 67.8 Å². The van der Waals surface area contributed by atoms with Gasteiger partial charge >= 0.3 is 11.1 Å². The second-order valence-electron chi connectivity index (χ2n) is 1.49. The molecule has 1 rings (SSSR count). The number of hydrogen-bond acceptors (Lipinski definition) is 3. The third-order valence-electron chi connectivity index (χ3n) is 0.846. The van der Waals surface area contributed by atoms with Crippen LogP contribution in [-0.4, -0.2) is 14.8 Å².